The van der Waals surface area contributed by atoms with E-state index in [1.165, 1.54) is 11.3 Å². The standard InChI is InChI=1S/C35H24N4O5S/c1-39-27-17-21(9-15-25(27)30-28(35(39)41)37-33(44-30)18-4-10-22(42-2)11-5-18)20-8-14-24-26(16-20)36-32(40)29-31(24)45-34(38-29)19-6-12-23(43-3)13-7-19/h4-17H,1-3H3,(H,36,40). The van der Waals surface area contributed by atoms with Gasteiger partial charge >= 0.3 is 0 Å². The molecule has 0 fully saturated rings. The van der Waals surface area contributed by atoms with Gasteiger partial charge in [0.05, 0.1) is 30.0 Å². The number of pyridine rings is 2. The summed E-state index contributed by atoms with van der Waals surface area (Å²) in [6.07, 6.45) is 0. The average molecular weight is 613 g/mol. The summed E-state index contributed by atoms with van der Waals surface area (Å²) in [5.74, 6) is 1.84. The van der Waals surface area contributed by atoms with Crippen molar-refractivity contribution in [3.05, 3.63) is 106 Å². The van der Waals surface area contributed by atoms with E-state index in [0.717, 1.165) is 54.2 Å². The average Bonchev–Trinajstić information content (AvgIpc) is 3.74. The third-order valence-corrected chi connectivity index (χ3v) is 9.24. The topological polar surface area (TPSA) is 112 Å². The molecule has 0 atom stereocenters. The van der Waals surface area contributed by atoms with Crippen molar-refractivity contribution < 1.29 is 13.9 Å². The number of hydrogen-bond donors (Lipinski definition) is 1. The molecule has 4 heterocycles. The van der Waals surface area contributed by atoms with Crippen LogP contribution in [0, 0.1) is 0 Å². The lowest BCUT2D eigenvalue weighted by Crippen LogP contribution is -2.17. The molecule has 0 radical (unpaired) electrons. The van der Waals surface area contributed by atoms with Gasteiger partial charge in [-0.05, 0) is 77.9 Å². The lowest BCUT2D eigenvalue weighted by molar-refractivity contribution is 0.414. The van der Waals surface area contributed by atoms with E-state index in [4.69, 9.17) is 13.9 Å². The number of aromatic amines is 1. The van der Waals surface area contributed by atoms with Crippen LogP contribution in [0.4, 0.5) is 0 Å². The minimum atomic E-state index is -0.249. The minimum Gasteiger partial charge on any atom is -0.497 e. The normalized spacial score (nSPS) is 11.6. The molecule has 0 saturated carbocycles. The molecule has 0 aliphatic heterocycles. The number of nitrogens with zero attached hydrogens (tertiary/aromatic N) is 3. The van der Waals surface area contributed by atoms with E-state index in [1.807, 2.05) is 84.9 Å². The minimum absolute atomic E-state index is 0.244. The van der Waals surface area contributed by atoms with E-state index in [9.17, 15) is 9.59 Å². The van der Waals surface area contributed by atoms with Crippen LogP contribution in [0.2, 0.25) is 0 Å². The van der Waals surface area contributed by atoms with Gasteiger partial charge < -0.3 is 23.4 Å². The number of methoxy groups -OCH3 is 2. The van der Waals surface area contributed by atoms with E-state index >= 15 is 0 Å². The van der Waals surface area contributed by atoms with Crippen LogP contribution in [0.15, 0.2) is 98.9 Å². The second kappa shape index (κ2) is 10.2. The number of aryl methyl sites for hydroxylation is 1. The van der Waals surface area contributed by atoms with Crippen molar-refractivity contribution in [2.24, 2.45) is 7.05 Å². The number of aromatic nitrogens is 4. The van der Waals surface area contributed by atoms with Crippen LogP contribution in [0.5, 0.6) is 11.5 Å². The van der Waals surface area contributed by atoms with E-state index in [0.29, 0.717) is 28.0 Å². The number of hydrogen-bond acceptors (Lipinski definition) is 8. The van der Waals surface area contributed by atoms with Crippen molar-refractivity contribution in [3.63, 3.8) is 0 Å². The highest BCUT2D eigenvalue weighted by atomic mass is 32.1. The molecule has 9 nitrogen and oxygen atoms in total. The monoisotopic (exact) mass is 612 g/mol. The summed E-state index contributed by atoms with van der Waals surface area (Å²) >= 11 is 1.49. The zero-order chi connectivity index (χ0) is 30.8. The predicted octanol–water partition coefficient (Wildman–Crippen LogP) is 7.15. The molecule has 10 heteroatoms. The van der Waals surface area contributed by atoms with E-state index in [-0.39, 0.29) is 16.6 Å². The molecule has 0 unspecified atom stereocenters. The third-order valence-electron chi connectivity index (χ3n) is 8.10. The molecule has 0 amide bonds. The Morgan fingerprint density at radius 1 is 0.733 bits per heavy atom. The number of H-pyrrole nitrogens is 1. The van der Waals surface area contributed by atoms with Gasteiger partial charge in [-0.15, -0.1) is 11.3 Å². The molecule has 220 valence electrons. The van der Waals surface area contributed by atoms with Crippen molar-refractivity contribution in [2.45, 2.75) is 0 Å². The summed E-state index contributed by atoms with van der Waals surface area (Å²) in [5, 5.41) is 2.45. The lowest BCUT2D eigenvalue weighted by atomic mass is 10.0. The Hall–Kier alpha value is -5.74. The first kappa shape index (κ1) is 26.9. The molecule has 0 bridgehead atoms. The lowest BCUT2D eigenvalue weighted by Gasteiger charge is -2.09. The number of oxazole rings is 1. The molecule has 8 aromatic rings. The quantitative estimate of drug-likeness (QED) is 0.220. The molecule has 0 aliphatic rings. The Kier molecular flexibility index (Phi) is 6.07. The van der Waals surface area contributed by atoms with Gasteiger partial charge in [-0.1, -0.05) is 18.2 Å². The van der Waals surface area contributed by atoms with Crippen LogP contribution < -0.4 is 20.6 Å². The Balaban J connectivity index is 1.22. The number of rotatable bonds is 5. The smallest absolute Gasteiger partial charge is 0.280 e. The predicted molar refractivity (Wildman–Crippen MR) is 177 cm³/mol. The molecule has 45 heavy (non-hydrogen) atoms. The molecule has 4 aromatic carbocycles. The van der Waals surface area contributed by atoms with Crippen molar-refractivity contribution >= 4 is 54.5 Å². The van der Waals surface area contributed by atoms with Crippen LogP contribution >= 0.6 is 11.3 Å². The fourth-order valence-corrected chi connectivity index (χ4v) is 6.78. The third kappa shape index (κ3) is 4.29. The molecule has 0 aliphatic carbocycles. The Morgan fingerprint density at radius 2 is 1.36 bits per heavy atom. The van der Waals surface area contributed by atoms with Crippen molar-refractivity contribution in [1.82, 2.24) is 19.5 Å². The van der Waals surface area contributed by atoms with Crippen LogP contribution in [-0.4, -0.2) is 33.7 Å². The van der Waals surface area contributed by atoms with Gasteiger partial charge in [0.2, 0.25) is 5.89 Å². The summed E-state index contributed by atoms with van der Waals surface area (Å²) in [5.41, 5.74) is 5.49. The molecule has 0 saturated heterocycles. The fraction of sp³-hybridized carbons (Fsp3) is 0.0857. The van der Waals surface area contributed by atoms with Gasteiger partial charge in [0.1, 0.15) is 22.0 Å². The second-order valence-electron chi connectivity index (χ2n) is 10.7. The molecule has 8 rings (SSSR count). The second-order valence-corrected chi connectivity index (χ2v) is 11.7. The number of ether oxygens (including phenoxy) is 2. The summed E-state index contributed by atoms with van der Waals surface area (Å²) in [6, 6.07) is 26.8. The van der Waals surface area contributed by atoms with Gasteiger partial charge in [-0.3, -0.25) is 9.59 Å². The Bertz CT molecular complexity index is 2560. The largest absolute Gasteiger partial charge is 0.497 e. The van der Waals surface area contributed by atoms with Crippen LogP contribution in [0.25, 0.3) is 76.3 Å². The first-order valence-electron chi connectivity index (χ1n) is 14.1. The number of nitrogens with one attached hydrogen (secondary N) is 1. The molecular weight excluding hydrogens is 588 g/mol. The maximum absolute atomic E-state index is 13.4. The van der Waals surface area contributed by atoms with Gasteiger partial charge in [-0.2, -0.15) is 0 Å². The van der Waals surface area contributed by atoms with Crippen molar-refractivity contribution in [1.29, 1.82) is 0 Å². The number of thiazole rings is 1. The summed E-state index contributed by atoms with van der Waals surface area (Å²) in [6.45, 7) is 0. The van der Waals surface area contributed by atoms with Crippen LogP contribution in [0.1, 0.15) is 0 Å². The molecule has 1 N–H and O–H groups in total. The van der Waals surface area contributed by atoms with Gasteiger partial charge in [0.25, 0.3) is 11.1 Å². The first-order valence-corrected chi connectivity index (χ1v) is 14.9. The summed E-state index contributed by atoms with van der Waals surface area (Å²) < 4.78 is 19.1. The fourth-order valence-electron chi connectivity index (χ4n) is 5.67. The van der Waals surface area contributed by atoms with E-state index in [2.05, 4.69) is 15.0 Å². The maximum atomic E-state index is 13.4. The van der Waals surface area contributed by atoms with Gasteiger partial charge in [0, 0.05) is 28.9 Å². The van der Waals surface area contributed by atoms with Crippen molar-refractivity contribution in [2.75, 3.05) is 14.2 Å². The highest BCUT2D eigenvalue weighted by Gasteiger charge is 2.18. The first-order chi connectivity index (χ1) is 21.9. The van der Waals surface area contributed by atoms with E-state index < -0.39 is 0 Å². The van der Waals surface area contributed by atoms with E-state index in [1.54, 1.807) is 25.8 Å². The van der Waals surface area contributed by atoms with Crippen molar-refractivity contribution in [3.8, 4) is 44.7 Å². The maximum Gasteiger partial charge on any atom is 0.280 e. The highest BCUT2D eigenvalue weighted by molar-refractivity contribution is 7.22. The summed E-state index contributed by atoms with van der Waals surface area (Å²) in [4.78, 5) is 38.7. The van der Waals surface area contributed by atoms with Gasteiger partial charge in [-0.25, -0.2) is 9.97 Å². The number of benzene rings is 4. The zero-order valence-electron chi connectivity index (χ0n) is 24.4. The Labute approximate surface area is 258 Å². The number of fused-ring (bicyclic) bond motifs is 6. The zero-order valence-corrected chi connectivity index (χ0v) is 25.2. The molecular formula is C35H24N4O5S. The SMILES string of the molecule is COc1ccc(-c2nc3c(=O)n(C)c4cc(-c5ccc6c(c5)[nH]c(=O)c5nc(-c7ccc(OC)cc7)sc56)ccc4c3o2)cc1. The summed E-state index contributed by atoms with van der Waals surface area (Å²) in [7, 11) is 4.96. The molecule has 4 aromatic heterocycles. The van der Waals surface area contributed by atoms with Gasteiger partial charge in [0.15, 0.2) is 11.1 Å². The Morgan fingerprint density at radius 3 is 2.04 bits per heavy atom. The molecule has 0 spiro atoms. The van der Waals surface area contributed by atoms with Crippen LogP contribution in [0.3, 0.4) is 0 Å². The highest BCUT2D eigenvalue weighted by Crippen LogP contribution is 2.36. The van der Waals surface area contributed by atoms with Crippen LogP contribution in [-0.2, 0) is 7.05 Å².